The lowest BCUT2D eigenvalue weighted by molar-refractivity contribution is -0.385. The van der Waals surface area contributed by atoms with E-state index in [0.29, 0.717) is 10.7 Å². The van der Waals surface area contributed by atoms with Crippen LogP contribution in [0.5, 0.6) is 0 Å². The van der Waals surface area contributed by atoms with Crippen LogP contribution in [0.25, 0.3) is 0 Å². The Balaban J connectivity index is 2.34. The summed E-state index contributed by atoms with van der Waals surface area (Å²) in [6, 6.07) is 6.17. The topological polar surface area (TPSA) is 85.1 Å². The van der Waals surface area contributed by atoms with Crippen LogP contribution in [0, 0.1) is 17.0 Å². The summed E-state index contributed by atoms with van der Waals surface area (Å²) in [5.41, 5.74) is 0.880. The number of aromatic nitrogens is 1. The average molecular weight is 326 g/mol. The Hall–Kier alpha value is -2.18. The number of hydrogen-bond acceptors (Lipinski definition) is 4. The monoisotopic (exact) mass is 325 g/mol. The number of benzene rings is 1. The van der Waals surface area contributed by atoms with Crippen molar-refractivity contribution < 1.29 is 9.72 Å². The maximum atomic E-state index is 12.2. The van der Waals surface area contributed by atoms with Crippen LogP contribution < -0.4 is 5.32 Å². The summed E-state index contributed by atoms with van der Waals surface area (Å²) in [7, 11) is 0. The molecule has 1 heterocycles. The maximum absolute atomic E-state index is 12.2. The van der Waals surface area contributed by atoms with Gasteiger partial charge in [0.2, 0.25) is 0 Å². The van der Waals surface area contributed by atoms with Crippen LogP contribution in [0.3, 0.4) is 0 Å². The number of nitro groups is 1. The number of carbonyl (C=O) groups is 1. The molecule has 2 aromatic rings. The molecule has 0 atom stereocenters. The van der Waals surface area contributed by atoms with Crippen molar-refractivity contribution in [3.05, 3.63) is 61.9 Å². The molecule has 0 radical (unpaired) electrons. The fourth-order valence-electron chi connectivity index (χ4n) is 1.62. The number of amides is 1. The average Bonchev–Trinajstić information content (AvgIpc) is 2.43. The van der Waals surface area contributed by atoms with Crippen LogP contribution in [0.4, 0.5) is 11.4 Å². The fourth-order valence-corrected chi connectivity index (χ4v) is 1.97. The zero-order valence-corrected chi connectivity index (χ0v) is 12.3. The first-order valence-electron chi connectivity index (χ1n) is 5.76. The number of halogens is 2. The largest absolute Gasteiger partial charge is 0.321 e. The van der Waals surface area contributed by atoms with Crippen molar-refractivity contribution in [2.45, 2.75) is 6.92 Å². The molecule has 0 saturated carbocycles. The minimum absolute atomic E-state index is 0.0940. The molecule has 1 amide bonds. The summed E-state index contributed by atoms with van der Waals surface area (Å²) in [5, 5.41) is 13.5. The number of nitrogens with zero attached hydrogens (tertiary/aromatic N) is 2. The third-order valence-electron chi connectivity index (χ3n) is 2.65. The molecule has 0 bridgehead atoms. The van der Waals surface area contributed by atoms with E-state index in [9.17, 15) is 14.9 Å². The number of pyridine rings is 1. The van der Waals surface area contributed by atoms with Crippen LogP contribution in [0.2, 0.25) is 10.2 Å². The summed E-state index contributed by atoms with van der Waals surface area (Å²) < 4.78 is 0. The van der Waals surface area contributed by atoms with E-state index >= 15 is 0 Å². The highest BCUT2D eigenvalue weighted by Gasteiger charge is 2.18. The van der Waals surface area contributed by atoms with Crippen LogP contribution in [0.15, 0.2) is 30.5 Å². The van der Waals surface area contributed by atoms with Crippen molar-refractivity contribution in [1.29, 1.82) is 0 Å². The first kappa shape index (κ1) is 15.2. The van der Waals surface area contributed by atoms with Gasteiger partial charge in [0.25, 0.3) is 11.6 Å². The lowest BCUT2D eigenvalue weighted by atomic mass is 10.2. The third kappa shape index (κ3) is 3.48. The lowest BCUT2D eigenvalue weighted by Gasteiger charge is -2.08. The molecule has 8 heteroatoms. The van der Waals surface area contributed by atoms with E-state index in [-0.39, 0.29) is 16.4 Å². The molecule has 0 saturated heterocycles. The zero-order chi connectivity index (χ0) is 15.6. The molecule has 1 aromatic heterocycles. The first-order chi connectivity index (χ1) is 9.88. The molecular weight excluding hydrogens is 317 g/mol. The van der Waals surface area contributed by atoms with Gasteiger partial charge in [-0.05, 0) is 24.6 Å². The molecule has 108 valence electrons. The Labute approximate surface area is 129 Å². The van der Waals surface area contributed by atoms with Crippen LogP contribution >= 0.6 is 23.2 Å². The Morgan fingerprint density at radius 2 is 2.05 bits per heavy atom. The molecule has 2 rings (SSSR count). The van der Waals surface area contributed by atoms with Gasteiger partial charge in [-0.1, -0.05) is 29.3 Å². The number of anilines is 1. The molecule has 1 N–H and O–H groups in total. The number of aryl methyl sites for hydroxylation is 1. The summed E-state index contributed by atoms with van der Waals surface area (Å²) >= 11 is 11.8. The Morgan fingerprint density at radius 3 is 2.71 bits per heavy atom. The highest BCUT2D eigenvalue weighted by Crippen LogP contribution is 2.25. The molecule has 0 aliphatic rings. The van der Waals surface area contributed by atoms with E-state index < -0.39 is 10.8 Å². The molecular formula is C13H9Cl2N3O3. The Morgan fingerprint density at radius 1 is 1.33 bits per heavy atom. The number of hydrogen-bond donors (Lipinski definition) is 1. The van der Waals surface area contributed by atoms with Gasteiger partial charge in [-0.25, -0.2) is 4.98 Å². The SMILES string of the molecule is Cc1ccc(Cl)c(NC(=O)c2cc([N+](=O)[O-])cnc2Cl)c1. The van der Waals surface area contributed by atoms with Gasteiger partial charge < -0.3 is 5.32 Å². The second-order valence-corrected chi connectivity index (χ2v) is 4.99. The van der Waals surface area contributed by atoms with Crippen molar-refractivity contribution in [1.82, 2.24) is 4.98 Å². The molecule has 0 unspecified atom stereocenters. The normalized spacial score (nSPS) is 10.2. The van der Waals surface area contributed by atoms with E-state index in [1.165, 1.54) is 0 Å². The van der Waals surface area contributed by atoms with E-state index in [0.717, 1.165) is 17.8 Å². The van der Waals surface area contributed by atoms with Crippen molar-refractivity contribution in [2.24, 2.45) is 0 Å². The van der Waals surface area contributed by atoms with Crippen LogP contribution in [-0.4, -0.2) is 15.8 Å². The molecule has 1 aromatic carbocycles. The molecule has 0 aliphatic carbocycles. The highest BCUT2D eigenvalue weighted by molar-refractivity contribution is 6.35. The van der Waals surface area contributed by atoms with Gasteiger partial charge in [0.1, 0.15) is 11.3 Å². The number of nitrogens with one attached hydrogen (secondary N) is 1. The second kappa shape index (κ2) is 6.07. The van der Waals surface area contributed by atoms with E-state index in [1.807, 2.05) is 6.92 Å². The van der Waals surface area contributed by atoms with E-state index in [2.05, 4.69) is 10.3 Å². The van der Waals surface area contributed by atoms with Crippen molar-refractivity contribution in [3.8, 4) is 0 Å². The smallest absolute Gasteiger partial charge is 0.288 e. The van der Waals surface area contributed by atoms with Crippen molar-refractivity contribution >= 4 is 40.5 Å². The summed E-state index contributed by atoms with van der Waals surface area (Å²) in [6.07, 6.45) is 0.985. The molecule has 21 heavy (non-hydrogen) atoms. The van der Waals surface area contributed by atoms with Gasteiger partial charge >= 0.3 is 0 Å². The first-order valence-corrected chi connectivity index (χ1v) is 6.51. The van der Waals surface area contributed by atoms with Gasteiger partial charge in [-0.2, -0.15) is 0 Å². The molecule has 0 spiro atoms. The highest BCUT2D eigenvalue weighted by atomic mass is 35.5. The Kier molecular flexibility index (Phi) is 4.40. The summed E-state index contributed by atoms with van der Waals surface area (Å²) in [5.74, 6) is -0.622. The predicted octanol–water partition coefficient (Wildman–Crippen LogP) is 3.86. The summed E-state index contributed by atoms with van der Waals surface area (Å²) in [6.45, 7) is 1.84. The summed E-state index contributed by atoms with van der Waals surface area (Å²) in [4.78, 5) is 25.9. The third-order valence-corrected chi connectivity index (χ3v) is 3.28. The standard InChI is InChI=1S/C13H9Cl2N3O3/c1-7-2-3-10(14)11(4-7)17-13(19)9-5-8(18(20)21)6-16-12(9)15/h2-6H,1H3,(H,17,19). The maximum Gasteiger partial charge on any atom is 0.288 e. The van der Waals surface area contributed by atoms with Crippen LogP contribution in [-0.2, 0) is 0 Å². The minimum atomic E-state index is -0.653. The van der Waals surface area contributed by atoms with Gasteiger partial charge in [-0.3, -0.25) is 14.9 Å². The van der Waals surface area contributed by atoms with Gasteiger partial charge in [0.15, 0.2) is 0 Å². The fraction of sp³-hybridized carbons (Fsp3) is 0.0769. The van der Waals surface area contributed by atoms with E-state index in [4.69, 9.17) is 23.2 Å². The van der Waals surface area contributed by atoms with Crippen LogP contribution in [0.1, 0.15) is 15.9 Å². The minimum Gasteiger partial charge on any atom is -0.321 e. The van der Waals surface area contributed by atoms with Gasteiger partial charge in [0, 0.05) is 6.07 Å². The molecule has 6 nitrogen and oxygen atoms in total. The quantitative estimate of drug-likeness (QED) is 0.527. The van der Waals surface area contributed by atoms with Gasteiger partial charge in [-0.15, -0.1) is 0 Å². The number of rotatable bonds is 3. The molecule has 0 aliphatic heterocycles. The van der Waals surface area contributed by atoms with Crippen molar-refractivity contribution in [2.75, 3.05) is 5.32 Å². The molecule has 0 fully saturated rings. The van der Waals surface area contributed by atoms with E-state index in [1.54, 1.807) is 18.2 Å². The predicted molar refractivity (Wildman–Crippen MR) is 80.0 cm³/mol. The second-order valence-electron chi connectivity index (χ2n) is 4.23. The number of carbonyl (C=O) groups excluding carboxylic acids is 1. The van der Waals surface area contributed by atoms with Crippen molar-refractivity contribution in [3.63, 3.8) is 0 Å². The Bertz CT molecular complexity index is 735. The lowest BCUT2D eigenvalue weighted by Crippen LogP contribution is -2.14. The van der Waals surface area contributed by atoms with Gasteiger partial charge in [0.05, 0.1) is 21.2 Å². The zero-order valence-electron chi connectivity index (χ0n) is 10.8.